The maximum atomic E-state index is 12.6. The molecule has 8 heteroatoms. The molecule has 0 aliphatic rings. The number of nitrogen functional groups attached to an aromatic ring is 1. The number of nitrogens with two attached hydrogens (primary N) is 1. The lowest BCUT2D eigenvalue weighted by molar-refractivity contribution is -0.119. The molecule has 0 radical (unpaired) electrons. The van der Waals surface area contributed by atoms with Crippen LogP contribution >= 0.6 is 11.8 Å². The van der Waals surface area contributed by atoms with E-state index in [-0.39, 0.29) is 11.9 Å². The largest absolute Gasteiger partial charge is 0.497 e. The molecule has 1 amide bonds. The number of carbonyl (C=O) groups excluding carboxylic acids is 1. The molecule has 23 heavy (non-hydrogen) atoms. The molecule has 7 nitrogen and oxygen atoms in total. The number of hydrogen-bond donors (Lipinski definition) is 2. The Morgan fingerprint density at radius 2 is 2.04 bits per heavy atom. The molecule has 0 spiro atoms. The third-order valence-electron chi connectivity index (χ3n) is 3.32. The predicted octanol–water partition coefficient (Wildman–Crippen LogP) is 2.57. The lowest BCUT2D eigenvalue weighted by atomic mass is 10.2. The van der Waals surface area contributed by atoms with Crippen molar-refractivity contribution in [2.24, 2.45) is 0 Å². The van der Waals surface area contributed by atoms with Crippen LogP contribution in [0.2, 0.25) is 0 Å². The van der Waals surface area contributed by atoms with E-state index >= 15 is 0 Å². The summed E-state index contributed by atoms with van der Waals surface area (Å²) in [7, 11) is 1.60. The van der Waals surface area contributed by atoms with Crippen LogP contribution in [0.1, 0.15) is 26.3 Å². The average molecular weight is 335 g/mol. The van der Waals surface area contributed by atoms with Crippen molar-refractivity contribution in [3.8, 4) is 5.75 Å². The number of thioether (sulfide) groups is 1. The highest BCUT2D eigenvalue weighted by Crippen LogP contribution is 2.26. The number of anilines is 2. The summed E-state index contributed by atoms with van der Waals surface area (Å²) in [6.45, 7) is 3.94. The Labute approximate surface area is 139 Å². The predicted molar refractivity (Wildman–Crippen MR) is 91.8 cm³/mol. The summed E-state index contributed by atoms with van der Waals surface area (Å²) >= 11 is 1.51. The minimum Gasteiger partial charge on any atom is -0.497 e. The normalized spacial score (nSPS) is 12.0. The highest BCUT2D eigenvalue weighted by atomic mass is 32.2. The van der Waals surface area contributed by atoms with Crippen molar-refractivity contribution in [2.45, 2.75) is 31.5 Å². The molecule has 0 aliphatic carbocycles. The standard InChI is InChI=1S/C15H21N5O2S/c1-4-12(20-14(16)18-19-15(20)23-5-2)13(21)17-10-6-8-11(22-3)9-7-10/h6-9,12H,4-5H2,1-3H3,(H2,16,18)(H,17,21)/t12-/m0/s1. The molecule has 0 saturated heterocycles. The van der Waals surface area contributed by atoms with E-state index in [4.69, 9.17) is 10.5 Å². The minimum absolute atomic E-state index is 0.151. The van der Waals surface area contributed by atoms with Gasteiger partial charge in [0.1, 0.15) is 11.8 Å². The molecular formula is C15H21N5O2S. The molecular weight excluding hydrogens is 314 g/mol. The molecule has 2 aromatic rings. The fourth-order valence-electron chi connectivity index (χ4n) is 2.19. The number of hydrogen-bond acceptors (Lipinski definition) is 6. The van der Waals surface area contributed by atoms with Crippen LogP contribution in [0.4, 0.5) is 11.6 Å². The van der Waals surface area contributed by atoms with Gasteiger partial charge in [-0.3, -0.25) is 9.36 Å². The van der Waals surface area contributed by atoms with E-state index in [0.717, 1.165) is 11.5 Å². The number of nitrogens with one attached hydrogen (secondary N) is 1. The maximum absolute atomic E-state index is 12.6. The monoisotopic (exact) mass is 335 g/mol. The first-order valence-corrected chi connectivity index (χ1v) is 8.37. The molecule has 1 atom stereocenters. The summed E-state index contributed by atoms with van der Waals surface area (Å²) in [5.74, 6) is 1.66. The van der Waals surface area contributed by atoms with Crippen LogP contribution in [-0.4, -0.2) is 33.5 Å². The first-order chi connectivity index (χ1) is 11.1. The first-order valence-electron chi connectivity index (χ1n) is 7.38. The van der Waals surface area contributed by atoms with E-state index < -0.39 is 6.04 Å². The van der Waals surface area contributed by atoms with Crippen molar-refractivity contribution in [1.82, 2.24) is 14.8 Å². The Balaban J connectivity index is 2.19. The third-order valence-corrected chi connectivity index (χ3v) is 4.15. The van der Waals surface area contributed by atoms with Crippen molar-refractivity contribution in [2.75, 3.05) is 23.9 Å². The molecule has 0 bridgehead atoms. The summed E-state index contributed by atoms with van der Waals surface area (Å²) in [6, 6.07) is 6.71. The van der Waals surface area contributed by atoms with Gasteiger partial charge in [0.05, 0.1) is 7.11 Å². The van der Waals surface area contributed by atoms with E-state index in [1.165, 1.54) is 11.8 Å². The van der Waals surface area contributed by atoms with Gasteiger partial charge in [-0.05, 0) is 36.4 Å². The molecule has 2 rings (SSSR count). The number of aromatic nitrogens is 3. The van der Waals surface area contributed by atoms with E-state index in [9.17, 15) is 4.79 Å². The summed E-state index contributed by atoms with van der Waals surface area (Å²) in [6.07, 6.45) is 0.585. The van der Waals surface area contributed by atoms with Crippen LogP contribution in [0.3, 0.4) is 0 Å². The zero-order valence-corrected chi connectivity index (χ0v) is 14.3. The second-order valence-electron chi connectivity index (χ2n) is 4.79. The molecule has 124 valence electrons. The van der Waals surface area contributed by atoms with Crippen molar-refractivity contribution in [3.05, 3.63) is 24.3 Å². The Morgan fingerprint density at radius 3 is 2.61 bits per heavy atom. The first kappa shape index (κ1) is 17.1. The lowest BCUT2D eigenvalue weighted by Gasteiger charge is -2.19. The Kier molecular flexibility index (Phi) is 5.86. The third kappa shape index (κ3) is 3.95. The number of amides is 1. The van der Waals surface area contributed by atoms with Gasteiger partial charge in [0, 0.05) is 5.69 Å². The highest BCUT2D eigenvalue weighted by Gasteiger charge is 2.24. The zero-order valence-electron chi connectivity index (χ0n) is 13.4. The van der Waals surface area contributed by atoms with Gasteiger partial charge in [-0.2, -0.15) is 0 Å². The number of nitrogens with zero attached hydrogens (tertiary/aromatic N) is 3. The summed E-state index contributed by atoms with van der Waals surface area (Å²) in [4.78, 5) is 12.6. The van der Waals surface area contributed by atoms with Gasteiger partial charge < -0.3 is 15.8 Å². The number of benzene rings is 1. The molecule has 3 N–H and O–H groups in total. The van der Waals surface area contributed by atoms with Crippen LogP contribution in [0.25, 0.3) is 0 Å². The van der Waals surface area contributed by atoms with Crippen LogP contribution in [0, 0.1) is 0 Å². The SMILES string of the molecule is CCSc1nnc(N)n1[C@@H](CC)C(=O)Nc1ccc(OC)cc1. The van der Waals surface area contributed by atoms with E-state index in [0.29, 0.717) is 17.3 Å². The van der Waals surface area contributed by atoms with Crippen LogP contribution in [0.15, 0.2) is 29.4 Å². The van der Waals surface area contributed by atoms with Gasteiger partial charge in [-0.25, -0.2) is 0 Å². The Bertz CT molecular complexity index is 656. The van der Waals surface area contributed by atoms with E-state index in [2.05, 4.69) is 15.5 Å². The van der Waals surface area contributed by atoms with Crippen LogP contribution in [-0.2, 0) is 4.79 Å². The summed E-state index contributed by atoms with van der Waals surface area (Å²) in [5.41, 5.74) is 6.60. The molecule has 0 aliphatic heterocycles. The molecule has 0 unspecified atom stereocenters. The van der Waals surface area contributed by atoms with Gasteiger partial charge in [0.2, 0.25) is 11.9 Å². The topological polar surface area (TPSA) is 95.1 Å². The summed E-state index contributed by atoms with van der Waals surface area (Å²) in [5, 5.41) is 11.5. The summed E-state index contributed by atoms with van der Waals surface area (Å²) < 4.78 is 6.79. The highest BCUT2D eigenvalue weighted by molar-refractivity contribution is 7.99. The van der Waals surface area contributed by atoms with Crippen molar-refractivity contribution < 1.29 is 9.53 Å². The van der Waals surface area contributed by atoms with Gasteiger partial charge in [0.15, 0.2) is 5.16 Å². The molecule has 1 aromatic carbocycles. The molecule has 1 heterocycles. The van der Waals surface area contributed by atoms with Gasteiger partial charge in [0.25, 0.3) is 0 Å². The molecule has 0 fully saturated rings. The van der Waals surface area contributed by atoms with E-state index in [1.54, 1.807) is 35.9 Å². The van der Waals surface area contributed by atoms with E-state index in [1.807, 2.05) is 13.8 Å². The molecule has 1 aromatic heterocycles. The fourth-order valence-corrected chi connectivity index (χ4v) is 2.91. The average Bonchev–Trinajstić information content (AvgIpc) is 2.91. The maximum Gasteiger partial charge on any atom is 0.247 e. The Hall–Kier alpha value is -2.22. The van der Waals surface area contributed by atoms with Crippen LogP contribution in [0.5, 0.6) is 5.75 Å². The second kappa shape index (κ2) is 7.87. The van der Waals surface area contributed by atoms with Gasteiger partial charge in [-0.1, -0.05) is 25.6 Å². The minimum atomic E-state index is -0.457. The number of carbonyl (C=O) groups is 1. The second-order valence-corrected chi connectivity index (χ2v) is 6.02. The van der Waals surface area contributed by atoms with Gasteiger partial charge in [-0.15, -0.1) is 10.2 Å². The fraction of sp³-hybridized carbons (Fsp3) is 0.400. The smallest absolute Gasteiger partial charge is 0.247 e. The van der Waals surface area contributed by atoms with Crippen molar-refractivity contribution in [1.29, 1.82) is 0 Å². The quantitative estimate of drug-likeness (QED) is 0.755. The lowest BCUT2D eigenvalue weighted by Crippen LogP contribution is -2.27. The van der Waals surface area contributed by atoms with Gasteiger partial charge >= 0.3 is 0 Å². The number of rotatable bonds is 7. The molecule has 0 saturated carbocycles. The van der Waals surface area contributed by atoms with Crippen molar-refractivity contribution >= 4 is 29.3 Å². The van der Waals surface area contributed by atoms with Crippen molar-refractivity contribution in [3.63, 3.8) is 0 Å². The Morgan fingerprint density at radius 1 is 1.35 bits per heavy atom. The number of methoxy groups -OCH3 is 1. The number of ether oxygens (including phenoxy) is 1. The van der Waals surface area contributed by atoms with Crippen LogP contribution < -0.4 is 15.8 Å². The zero-order chi connectivity index (χ0) is 16.8.